The van der Waals surface area contributed by atoms with E-state index in [1.807, 2.05) is 63.2 Å². The zero-order chi connectivity index (χ0) is 29.3. The van der Waals surface area contributed by atoms with Crippen LogP contribution in [-0.4, -0.2) is 50.8 Å². The van der Waals surface area contributed by atoms with Crippen molar-refractivity contribution < 1.29 is 18.0 Å². The average molecular weight is 564 g/mol. The highest BCUT2D eigenvalue weighted by Crippen LogP contribution is 2.27. The topological polar surface area (TPSA) is 86.8 Å². The van der Waals surface area contributed by atoms with Gasteiger partial charge in [-0.25, -0.2) is 8.42 Å². The molecule has 0 saturated carbocycles. The third-order valence-corrected chi connectivity index (χ3v) is 8.74. The van der Waals surface area contributed by atoms with Gasteiger partial charge < -0.3 is 10.2 Å². The maximum Gasteiger partial charge on any atom is 0.264 e. The summed E-state index contributed by atoms with van der Waals surface area (Å²) < 4.78 is 29.1. The van der Waals surface area contributed by atoms with Crippen molar-refractivity contribution in [3.8, 4) is 0 Å². The molecule has 2 amide bonds. The van der Waals surface area contributed by atoms with Crippen molar-refractivity contribution in [1.29, 1.82) is 0 Å². The van der Waals surface area contributed by atoms with Gasteiger partial charge in [-0.3, -0.25) is 13.9 Å². The Kier molecular flexibility index (Phi) is 10.9. The van der Waals surface area contributed by atoms with Crippen molar-refractivity contribution in [3.05, 3.63) is 95.6 Å². The van der Waals surface area contributed by atoms with E-state index in [2.05, 4.69) is 19.2 Å². The molecule has 0 aromatic heterocycles. The molecule has 0 spiro atoms. The number of carbonyl (C=O) groups is 2. The first kappa shape index (κ1) is 30.9. The van der Waals surface area contributed by atoms with Crippen LogP contribution < -0.4 is 9.62 Å². The molecule has 0 aliphatic rings. The lowest BCUT2D eigenvalue weighted by molar-refractivity contribution is -0.139. The molecule has 1 atom stereocenters. The van der Waals surface area contributed by atoms with Crippen molar-refractivity contribution in [1.82, 2.24) is 10.2 Å². The molecule has 0 fully saturated rings. The van der Waals surface area contributed by atoms with Gasteiger partial charge in [-0.2, -0.15) is 0 Å². The van der Waals surface area contributed by atoms with Crippen LogP contribution in [0.4, 0.5) is 5.69 Å². The highest BCUT2D eigenvalue weighted by Gasteiger charge is 2.33. The minimum atomic E-state index is -4.08. The molecule has 0 heterocycles. The highest BCUT2D eigenvalue weighted by molar-refractivity contribution is 7.92. The first-order valence-electron chi connectivity index (χ1n) is 13.9. The van der Waals surface area contributed by atoms with Crippen LogP contribution in [0.15, 0.2) is 83.8 Å². The SMILES string of the molecule is CCNC(=O)[C@@H](CC)N(CCc1ccccc1)C(=O)CN(c1ccc(C(C)C)cc1)S(=O)(=O)c1ccc(C)cc1. The monoisotopic (exact) mass is 563 g/mol. The van der Waals surface area contributed by atoms with Crippen LogP contribution in [0.25, 0.3) is 0 Å². The zero-order valence-electron chi connectivity index (χ0n) is 24.1. The molecular weight excluding hydrogens is 522 g/mol. The van der Waals surface area contributed by atoms with Crippen molar-refractivity contribution in [2.75, 3.05) is 23.9 Å². The van der Waals surface area contributed by atoms with Gasteiger partial charge in [0, 0.05) is 13.1 Å². The number of aryl methyl sites for hydroxylation is 1. The first-order chi connectivity index (χ1) is 19.1. The van der Waals surface area contributed by atoms with Crippen LogP contribution in [0.1, 0.15) is 56.7 Å². The van der Waals surface area contributed by atoms with Crippen LogP contribution in [0.5, 0.6) is 0 Å². The average Bonchev–Trinajstić information content (AvgIpc) is 2.94. The van der Waals surface area contributed by atoms with E-state index in [0.717, 1.165) is 21.0 Å². The van der Waals surface area contributed by atoms with Gasteiger partial charge in [-0.15, -0.1) is 0 Å². The number of amides is 2. The third-order valence-electron chi connectivity index (χ3n) is 6.96. The fourth-order valence-electron chi connectivity index (χ4n) is 4.58. The second kappa shape index (κ2) is 14.1. The smallest absolute Gasteiger partial charge is 0.264 e. The summed E-state index contributed by atoms with van der Waals surface area (Å²) in [5.41, 5.74) is 3.42. The molecule has 0 aliphatic heterocycles. The standard InChI is InChI=1S/C32H41N3O4S/c1-6-30(32(37)33-7-2)34(22-21-26-11-9-8-10-12-26)31(36)23-35(28-17-15-27(16-18-28)24(3)4)40(38,39)29-19-13-25(5)14-20-29/h8-20,24,30H,6-7,21-23H2,1-5H3,(H,33,37)/t30-/m1/s1. The Bertz CT molecular complexity index is 1360. The normalized spacial score (nSPS) is 12.2. The van der Waals surface area contributed by atoms with Crippen molar-refractivity contribution in [2.45, 2.75) is 64.3 Å². The molecule has 7 nitrogen and oxygen atoms in total. The quantitative estimate of drug-likeness (QED) is 0.306. The number of hydrogen-bond acceptors (Lipinski definition) is 4. The lowest BCUT2D eigenvalue weighted by Gasteiger charge is -2.33. The molecule has 0 aliphatic carbocycles. The summed E-state index contributed by atoms with van der Waals surface area (Å²) in [6.07, 6.45) is 0.941. The largest absolute Gasteiger partial charge is 0.355 e. The Morgan fingerprint density at radius 3 is 2.05 bits per heavy atom. The Hall–Kier alpha value is -3.65. The van der Waals surface area contributed by atoms with E-state index < -0.39 is 28.5 Å². The van der Waals surface area contributed by atoms with Gasteiger partial charge in [0.2, 0.25) is 11.8 Å². The van der Waals surface area contributed by atoms with E-state index in [-0.39, 0.29) is 23.3 Å². The van der Waals surface area contributed by atoms with E-state index in [9.17, 15) is 18.0 Å². The van der Waals surface area contributed by atoms with Crippen LogP contribution in [0.3, 0.4) is 0 Å². The molecule has 3 rings (SSSR count). The number of nitrogens with zero attached hydrogens (tertiary/aromatic N) is 2. The Morgan fingerprint density at radius 2 is 1.50 bits per heavy atom. The number of carbonyl (C=O) groups excluding carboxylic acids is 2. The lowest BCUT2D eigenvalue weighted by Crippen LogP contribution is -2.53. The molecular formula is C32H41N3O4S. The number of likely N-dealkylation sites (N-methyl/N-ethyl adjacent to an activating group) is 1. The van der Waals surface area contributed by atoms with Crippen LogP contribution in [0.2, 0.25) is 0 Å². The Morgan fingerprint density at radius 1 is 0.875 bits per heavy atom. The molecule has 0 radical (unpaired) electrons. The number of anilines is 1. The zero-order valence-corrected chi connectivity index (χ0v) is 24.9. The molecule has 3 aromatic carbocycles. The Labute approximate surface area is 239 Å². The van der Waals surface area contributed by atoms with Crippen molar-refractivity contribution >= 4 is 27.5 Å². The molecule has 8 heteroatoms. The molecule has 214 valence electrons. The van der Waals surface area contributed by atoms with E-state index in [4.69, 9.17) is 0 Å². The molecule has 0 bridgehead atoms. The molecule has 1 N–H and O–H groups in total. The predicted molar refractivity (Wildman–Crippen MR) is 161 cm³/mol. The van der Waals surface area contributed by atoms with Gasteiger partial charge in [0.1, 0.15) is 12.6 Å². The van der Waals surface area contributed by atoms with E-state index in [1.54, 1.807) is 36.4 Å². The minimum absolute atomic E-state index is 0.102. The fraction of sp³-hybridized carbons (Fsp3) is 0.375. The minimum Gasteiger partial charge on any atom is -0.355 e. The second-order valence-electron chi connectivity index (χ2n) is 10.2. The third kappa shape index (κ3) is 7.72. The lowest BCUT2D eigenvalue weighted by atomic mass is 10.0. The maximum atomic E-state index is 14.0. The summed E-state index contributed by atoms with van der Waals surface area (Å²) >= 11 is 0. The van der Waals surface area contributed by atoms with Crippen molar-refractivity contribution in [3.63, 3.8) is 0 Å². The van der Waals surface area contributed by atoms with Gasteiger partial charge in [-0.1, -0.05) is 80.9 Å². The summed E-state index contributed by atoms with van der Waals surface area (Å²) in [5.74, 6) is -0.410. The van der Waals surface area contributed by atoms with E-state index in [0.29, 0.717) is 25.1 Å². The van der Waals surface area contributed by atoms with Crippen molar-refractivity contribution in [2.24, 2.45) is 0 Å². The van der Waals surface area contributed by atoms with Gasteiger partial charge in [0.15, 0.2) is 0 Å². The molecule has 3 aromatic rings. The summed E-state index contributed by atoms with van der Waals surface area (Å²) in [4.78, 5) is 28.6. The van der Waals surface area contributed by atoms with Crippen LogP contribution in [0, 0.1) is 6.92 Å². The maximum absolute atomic E-state index is 14.0. The number of nitrogens with one attached hydrogen (secondary N) is 1. The van der Waals surface area contributed by atoms with Gasteiger partial charge in [-0.05, 0) is 68.0 Å². The number of hydrogen-bond donors (Lipinski definition) is 1. The predicted octanol–water partition coefficient (Wildman–Crippen LogP) is 5.30. The summed E-state index contributed by atoms with van der Waals surface area (Å²) in [5, 5.41) is 2.83. The van der Waals surface area contributed by atoms with E-state index >= 15 is 0 Å². The summed E-state index contributed by atoms with van der Waals surface area (Å²) in [7, 11) is -4.08. The van der Waals surface area contributed by atoms with Gasteiger partial charge in [0.25, 0.3) is 10.0 Å². The summed E-state index contributed by atoms with van der Waals surface area (Å²) in [6, 6.07) is 22.9. The van der Waals surface area contributed by atoms with Gasteiger partial charge in [0.05, 0.1) is 10.6 Å². The van der Waals surface area contributed by atoms with Crippen LogP contribution >= 0.6 is 0 Å². The fourth-order valence-corrected chi connectivity index (χ4v) is 5.99. The number of rotatable bonds is 13. The first-order valence-corrected chi connectivity index (χ1v) is 15.3. The molecule has 0 unspecified atom stereocenters. The molecule has 40 heavy (non-hydrogen) atoms. The number of benzene rings is 3. The second-order valence-corrected chi connectivity index (χ2v) is 12.1. The summed E-state index contributed by atoms with van der Waals surface area (Å²) in [6.45, 7) is 9.99. The molecule has 0 saturated heterocycles. The van der Waals surface area contributed by atoms with Crippen LogP contribution in [-0.2, 0) is 26.0 Å². The number of sulfonamides is 1. The van der Waals surface area contributed by atoms with E-state index in [1.165, 1.54) is 4.90 Å². The Balaban J connectivity index is 2.02. The van der Waals surface area contributed by atoms with Gasteiger partial charge >= 0.3 is 0 Å². The highest BCUT2D eigenvalue weighted by atomic mass is 32.2.